The first kappa shape index (κ1) is 34.9. The first-order valence-corrected chi connectivity index (χ1v) is 17.1. The van der Waals surface area contributed by atoms with E-state index in [9.17, 15) is 18.4 Å². The van der Waals surface area contributed by atoms with Gasteiger partial charge in [-0.15, -0.1) is 11.3 Å². The SMILES string of the molecule is C=O.CC[C@@H]1C[C@@H]1C[C@H](NC(=O)c1cc2cc(C(F)(F)P(O)O)ccc2s1)C(=O)N1CCCC1.CN1CC(c2ncccn2)C1. The maximum absolute atomic E-state index is 14.0. The Labute approximate surface area is 266 Å². The van der Waals surface area contributed by atoms with E-state index in [1.54, 1.807) is 12.4 Å². The molecule has 10 nitrogen and oxygen atoms in total. The number of likely N-dealkylation sites (tertiary alicyclic amines) is 2. The molecule has 45 heavy (non-hydrogen) atoms. The van der Waals surface area contributed by atoms with Gasteiger partial charge in [-0.1, -0.05) is 19.4 Å². The van der Waals surface area contributed by atoms with E-state index in [0.29, 0.717) is 52.2 Å². The Morgan fingerprint density at radius 2 is 1.80 bits per heavy atom. The van der Waals surface area contributed by atoms with Crippen LogP contribution >= 0.6 is 19.7 Å². The number of hydrogen-bond donors (Lipinski definition) is 3. The van der Waals surface area contributed by atoms with Crippen LogP contribution in [0.5, 0.6) is 0 Å². The van der Waals surface area contributed by atoms with Crippen molar-refractivity contribution in [2.75, 3.05) is 33.2 Å². The van der Waals surface area contributed by atoms with Crippen LogP contribution in [-0.2, 0) is 15.3 Å². The van der Waals surface area contributed by atoms with Gasteiger partial charge in [-0.2, -0.15) is 8.78 Å². The number of carbonyl (C=O) groups is 3. The van der Waals surface area contributed by atoms with Gasteiger partial charge in [0.05, 0.1) is 4.88 Å². The van der Waals surface area contributed by atoms with Gasteiger partial charge < -0.3 is 29.7 Å². The zero-order chi connectivity index (χ0) is 32.7. The Balaban J connectivity index is 0.000000295. The van der Waals surface area contributed by atoms with Crippen molar-refractivity contribution >= 4 is 48.4 Å². The molecule has 1 saturated carbocycles. The highest BCUT2D eigenvalue weighted by Gasteiger charge is 2.42. The Kier molecular flexibility index (Phi) is 12.1. The van der Waals surface area contributed by atoms with Crippen molar-refractivity contribution in [3.8, 4) is 0 Å². The lowest BCUT2D eigenvalue weighted by atomic mass is 10.0. The molecule has 6 rings (SSSR count). The van der Waals surface area contributed by atoms with E-state index in [1.807, 2.05) is 17.8 Å². The van der Waals surface area contributed by atoms with E-state index in [4.69, 9.17) is 14.6 Å². The van der Waals surface area contributed by atoms with Crippen molar-refractivity contribution < 1.29 is 33.0 Å². The molecule has 3 N–H and O–H groups in total. The number of hydrogen-bond acceptors (Lipinski definition) is 9. The number of likely N-dealkylation sites (N-methyl/N-ethyl adjacent to an activating group) is 1. The topological polar surface area (TPSA) is 136 Å². The van der Waals surface area contributed by atoms with Gasteiger partial charge in [-0.25, -0.2) is 9.97 Å². The third-order valence-electron chi connectivity index (χ3n) is 8.51. The maximum atomic E-state index is 14.0. The molecule has 0 unspecified atom stereocenters. The number of fused-ring (bicyclic) bond motifs is 1. The normalized spacial score (nSPS) is 20.5. The van der Waals surface area contributed by atoms with Crippen molar-refractivity contribution in [2.24, 2.45) is 11.8 Å². The van der Waals surface area contributed by atoms with Crippen LogP contribution in [0.3, 0.4) is 0 Å². The Hall–Kier alpha value is -2.96. The molecule has 2 aromatic heterocycles. The minimum Gasteiger partial charge on any atom is -0.346 e. The van der Waals surface area contributed by atoms with Crippen LogP contribution in [0.1, 0.15) is 66.0 Å². The van der Waals surface area contributed by atoms with Crippen molar-refractivity contribution in [1.29, 1.82) is 0 Å². The van der Waals surface area contributed by atoms with Gasteiger partial charge in [0, 0.05) is 54.8 Å². The lowest BCUT2D eigenvalue weighted by Crippen LogP contribution is -2.48. The smallest absolute Gasteiger partial charge is 0.339 e. The summed E-state index contributed by atoms with van der Waals surface area (Å²) in [5.41, 5.74) is -4.26. The minimum absolute atomic E-state index is 0.0418. The standard InChI is InChI=1S/C22H27F2N2O4PS.C8H11N3.CH2O/c1-2-13-9-14(13)11-17(21(28)26-7-3-4-8-26)25-20(27)19-12-15-10-16(5-6-18(15)32-19)22(23,24)31(29)30;1-11-5-7(6-11)8-9-3-2-4-10-8;1-2/h5-6,10,12-14,17,29-30H,2-4,7-9,11H2,1H3,(H,25,27);2-4,7H,5-6H2,1H3;1H2/t13-,14-,17+;;/m1../s1. The molecule has 4 heterocycles. The molecule has 0 radical (unpaired) electrons. The summed E-state index contributed by atoms with van der Waals surface area (Å²) in [4.78, 5) is 64.9. The molecule has 2 amide bonds. The Morgan fingerprint density at radius 3 is 2.38 bits per heavy atom. The zero-order valence-corrected chi connectivity index (χ0v) is 27.2. The fraction of sp³-hybridized carbons (Fsp3) is 0.516. The Bertz CT molecular complexity index is 1440. The average molecular weight is 664 g/mol. The minimum atomic E-state index is -3.75. The molecular formula is C31H40F2N5O5PS. The number of rotatable bonds is 9. The summed E-state index contributed by atoms with van der Waals surface area (Å²) in [6.45, 7) is 7.76. The fourth-order valence-corrected chi connectivity index (χ4v) is 7.17. The lowest BCUT2D eigenvalue weighted by Gasteiger charge is -2.34. The van der Waals surface area contributed by atoms with Gasteiger partial charge in [0.2, 0.25) is 14.3 Å². The highest BCUT2D eigenvalue weighted by atomic mass is 32.1. The number of nitrogens with one attached hydrogen (secondary N) is 1. The number of amides is 2. The first-order chi connectivity index (χ1) is 21.6. The van der Waals surface area contributed by atoms with Crippen molar-refractivity contribution in [3.05, 3.63) is 59.0 Å². The summed E-state index contributed by atoms with van der Waals surface area (Å²) in [7, 11) is -1.35. The van der Waals surface area contributed by atoms with Gasteiger partial charge in [-0.3, -0.25) is 9.59 Å². The summed E-state index contributed by atoms with van der Waals surface area (Å²) >= 11 is 1.16. The van der Waals surface area contributed by atoms with Crippen LogP contribution in [-0.4, -0.2) is 87.4 Å². The van der Waals surface area contributed by atoms with Gasteiger partial charge in [0.15, 0.2) is 0 Å². The van der Waals surface area contributed by atoms with Crippen molar-refractivity contribution in [1.82, 2.24) is 25.1 Å². The number of aromatic nitrogens is 2. The molecule has 0 bridgehead atoms. The van der Waals surface area contributed by atoms with Crippen LogP contribution in [0.25, 0.3) is 10.1 Å². The highest BCUT2D eigenvalue weighted by Crippen LogP contribution is 2.53. The summed E-state index contributed by atoms with van der Waals surface area (Å²) < 4.78 is 28.6. The van der Waals surface area contributed by atoms with Crippen LogP contribution < -0.4 is 5.32 Å². The average Bonchev–Trinajstić information content (AvgIpc) is 3.36. The zero-order valence-electron chi connectivity index (χ0n) is 25.4. The molecule has 244 valence electrons. The van der Waals surface area contributed by atoms with Crippen molar-refractivity contribution in [2.45, 2.75) is 56.7 Å². The summed E-state index contributed by atoms with van der Waals surface area (Å²) in [5, 5.41) is 3.33. The number of nitrogens with zero attached hydrogens (tertiary/aromatic N) is 4. The fourth-order valence-electron chi connectivity index (χ4n) is 5.85. The quantitative estimate of drug-likeness (QED) is 0.280. The van der Waals surface area contributed by atoms with E-state index < -0.39 is 31.6 Å². The van der Waals surface area contributed by atoms with Crippen LogP contribution in [0.15, 0.2) is 42.7 Å². The van der Waals surface area contributed by atoms with Gasteiger partial charge in [0.25, 0.3) is 5.91 Å². The Morgan fingerprint density at radius 1 is 1.13 bits per heavy atom. The summed E-state index contributed by atoms with van der Waals surface area (Å²) in [5.74, 6) is 2.17. The molecule has 1 aromatic carbocycles. The van der Waals surface area contributed by atoms with Gasteiger partial charge in [0.1, 0.15) is 18.7 Å². The van der Waals surface area contributed by atoms with E-state index in [2.05, 4.69) is 34.2 Å². The third kappa shape index (κ3) is 8.65. The van der Waals surface area contributed by atoms with Crippen LogP contribution in [0.2, 0.25) is 0 Å². The molecule has 3 aromatic rings. The molecule has 3 aliphatic rings. The molecule has 3 fully saturated rings. The van der Waals surface area contributed by atoms with Gasteiger partial charge >= 0.3 is 5.66 Å². The molecule has 3 atom stereocenters. The van der Waals surface area contributed by atoms with Crippen LogP contribution in [0.4, 0.5) is 8.78 Å². The largest absolute Gasteiger partial charge is 0.346 e. The number of carbonyl (C=O) groups excluding carboxylic acids is 3. The molecule has 0 spiro atoms. The number of halogens is 2. The van der Waals surface area contributed by atoms with E-state index >= 15 is 0 Å². The second kappa shape index (κ2) is 15.6. The molecule has 2 aliphatic heterocycles. The maximum Gasteiger partial charge on any atom is 0.339 e. The molecule has 2 saturated heterocycles. The van der Waals surface area contributed by atoms with E-state index in [-0.39, 0.29) is 5.91 Å². The molecule has 1 aliphatic carbocycles. The molecular weight excluding hydrogens is 623 g/mol. The first-order valence-electron chi connectivity index (χ1n) is 15.0. The highest BCUT2D eigenvalue weighted by molar-refractivity contribution is 7.46. The predicted octanol–water partition coefficient (Wildman–Crippen LogP) is 4.72. The number of thiophene rings is 1. The summed E-state index contributed by atoms with van der Waals surface area (Å²) in [6.07, 6.45) is 8.32. The second-order valence-corrected chi connectivity index (χ2v) is 13.9. The van der Waals surface area contributed by atoms with Crippen LogP contribution in [0, 0.1) is 11.8 Å². The monoisotopic (exact) mass is 663 g/mol. The lowest BCUT2D eigenvalue weighted by molar-refractivity contribution is -0.132. The molecule has 14 heteroatoms. The van der Waals surface area contributed by atoms with E-state index in [0.717, 1.165) is 62.0 Å². The predicted molar refractivity (Wildman–Crippen MR) is 170 cm³/mol. The third-order valence-corrected chi connectivity index (χ3v) is 10.4. The van der Waals surface area contributed by atoms with Gasteiger partial charge in [-0.05, 0) is 74.2 Å². The van der Waals surface area contributed by atoms with Crippen molar-refractivity contribution in [3.63, 3.8) is 0 Å². The number of alkyl halides is 2. The number of benzene rings is 1. The van der Waals surface area contributed by atoms with E-state index in [1.165, 1.54) is 18.2 Å². The second-order valence-electron chi connectivity index (χ2n) is 11.7. The summed E-state index contributed by atoms with van der Waals surface area (Å²) in [6, 6.07) is 6.54.